The van der Waals surface area contributed by atoms with E-state index in [1.54, 1.807) is 19.1 Å². The zero-order valence-corrected chi connectivity index (χ0v) is 14.7. The van der Waals surface area contributed by atoms with E-state index in [2.05, 4.69) is 4.98 Å². The molecule has 1 aromatic heterocycles. The molecular weight excluding hydrogens is 343 g/mol. The number of aromatic nitrogens is 2. The molecule has 0 saturated heterocycles. The SMILES string of the molecule is CCOC(=O)C[n+]1c(Cc2ccc(Cl)cc2Cl)c[nH]c1SC. The van der Waals surface area contributed by atoms with E-state index >= 15 is 0 Å². The maximum absolute atomic E-state index is 11.8. The predicted octanol–water partition coefficient (Wildman–Crippen LogP) is 3.48. The van der Waals surface area contributed by atoms with Gasteiger partial charge in [-0.05, 0) is 42.6 Å². The number of nitrogens with zero attached hydrogens (tertiary/aromatic N) is 1. The first-order valence-corrected chi connectivity index (χ1v) is 8.76. The summed E-state index contributed by atoms with van der Waals surface area (Å²) in [5.41, 5.74) is 1.91. The Morgan fingerprint density at radius 1 is 1.41 bits per heavy atom. The second-order valence-electron chi connectivity index (χ2n) is 4.59. The van der Waals surface area contributed by atoms with E-state index in [0.717, 1.165) is 16.4 Å². The molecule has 7 heteroatoms. The number of ether oxygens (including phenoxy) is 1. The fourth-order valence-corrected chi connectivity index (χ4v) is 3.17. The molecule has 0 aliphatic carbocycles. The molecule has 118 valence electrons. The fraction of sp³-hybridized carbons (Fsp3) is 0.333. The monoisotopic (exact) mass is 359 g/mol. The summed E-state index contributed by atoms with van der Waals surface area (Å²) < 4.78 is 6.94. The van der Waals surface area contributed by atoms with E-state index in [9.17, 15) is 4.79 Å². The van der Waals surface area contributed by atoms with Gasteiger partial charge in [0.15, 0.2) is 6.54 Å². The number of halogens is 2. The number of hydrogen-bond acceptors (Lipinski definition) is 3. The second kappa shape index (κ2) is 7.90. The Kier molecular flexibility index (Phi) is 6.17. The maximum Gasteiger partial charge on any atom is 0.348 e. The molecule has 0 spiro atoms. The molecule has 0 radical (unpaired) electrons. The highest BCUT2D eigenvalue weighted by molar-refractivity contribution is 7.98. The number of imidazole rings is 1. The molecule has 0 aliphatic heterocycles. The van der Waals surface area contributed by atoms with Gasteiger partial charge in [-0.2, -0.15) is 0 Å². The van der Waals surface area contributed by atoms with Crippen molar-refractivity contribution in [3.8, 4) is 0 Å². The third-order valence-corrected chi connectivity index (χ3v) is 4.44. The average molecular weight is 360 g/mol. The molecule has 0 saturated carbocycles. The van der Waals surface area contributed by atoms with E-state index in [0.29, 0.717) is 23.1 Å². The standard InChI is InChI=1S/C15H16Cl2N2O2S/c1-3-21-14(20)9-19-12(8-18-15(19)22-2)6-10-4-5-11(16)7-13(10)17/h4-5,7-8H,3,6,9H2,1-2H3/p+1. The Labute approximate surface area is 143 Å². The van der Waals surface area contributed by atoms with Gasteiger partial charge in [-0.15, -0.1) is 0 Å². The minimum atomic E-state index is -0.258. The molecule has 1 heterocycles. The van der Waals surface area contributed by atoms with Crippen LogP contribution in [-0.4, -0.2) is 23.8 Å². The maximum atomic E-state index is 11.8. The zero-order chi connectivity index (χ0) is 16.1. The van der Waals surface area contributed by atoms with Crippen LogP contribution in [0, 0.1) is 0 Å². The van der Waals surface area contributed by atoms with Gasteiger partial charge in [-0.3, -0.25) is 0 Å². The van der Waals surface area contributed by atoms with Crippen molar-refractivity contribution in [2.75, 3.05) is 12.9 Å². The Hall–Kier alpha value is -1.17. The van der Waals surface area contributed by atoms with Crippen molar-refractivity contribution >= 4 is 40.9 Å². The van der Waals surface area contributed by atoms with Gasteiger partial charge in [-0.25, -0.2) is 14.3 Å². The summed E-state index contributed by atoms with van der Waals surface area (Å²) in [6.45, 7) is 2.34. The van der Waals surface area contributed by atoms with Crippen molar-refractivity contribution in [2.24, 2.45) is 0 Å². The highest BCUT2D eigenvalue weighted by Crippen LogP contribution is 2.23. The van der Waals surface area contributed by atoms with E-state index < -0.39 is 0 Å². The number of rotatable bonds is 6. The van der Waals surface area contributed by atoms with Crippen LogP contribution in [0.25, 0.3) is 0 Å². The Morgan fingerprint density at radius 3 is 2.82 bits per heavy atom. The molecule has 0 atom stereocenters. The van der Waals surface area contributed by atoms with Crippen molar-refractivity contribution in [3.05, 3.63) is 45.7 Å². The highest BCUT2D eigenvalue weighted by atomic mass is 35.5. The average Bonchev–Trinajstić information content (AvgIpc) is 2.84. The number of carbonyl (C=O) groups is 1. The van der Waals surface area contributed by atoms with E-state index in [4.69, 9.17) is 27.9 Å². The molecule has 0 bridgehead atoms. The van der Waals surface area contributed by atoms with Gasteiger partial charge in [0.1, 0.15) is 11.9 Å². The van der Waals surface area contributed by atoms with Crippen LogP contribution in [0.3, 0.4) is 0 Å². The van der Waals surface area contributed by atoms with Gasteiger partial charge in [0, 0.05) is 16.5 Å². The quantitative estimate of drug-likeness (QED) is 0.487. The summed E-state index contributed by atoms with van der Waals surface area (Å²) >= 11 is 13.7. The van der Waals surface area contributed by atoms with E-state index in [1.807, 2.05) is 23.1 Å². The summed E-state index contributed by atoms with van der Waals surface area (Å²) in [5.74, 6) is -0.258. The number of carbonyl (C=O) groups excluding carboxylic acids is 1. The number of esters is 1. The predicted molar refractivity (Wildman–Crippen MR) is 88.7 cm³/mol. The van der Waals surface area contributed by atoms with Crippen LogP contribution < -0.4 is 4.57 Å². The van der Waals surface area contributed by atoms with Crippen molar-refractivity contribution in [1.29, 1.82) is 0 Å². The van der Waals surface area contributed by atoms with Crippen LogP contribution in [0.4, 0.5) is 0 Å². The van der Waals surface area contributed by atoms with E-state index in [-0.39, 0.29) is 12.5 Å². The molecule has 0 amide bonds. The molecule has 1 N–H and O–H groups in total. The first-order valence-electron chi connectivity index (χ1n) is 6.78. The molecule has 4 nitrogen and oxygen atoms in total. The lowest BCUT2D eigenvalue weighted by Gasteiger charge is -2.06. The largest absolute Gasteiger partial charge is 0.463 e. The van der Waals surface area contributed by atoms with Crippen molar-refractivity contribution in [1.82, 2.24) is 4.98 Å². The third kappa shape index (κ3) is 4.18. The van der Waals surface area contributed by atoms with Gasteiger partial charge in [-0.1, -0.05) is 29.3 Å². The molecule has 0 fully saturated rings. The van der Waals surface area contributed by atoms with Crippen LogP contribution in [-0.2, 0) is 22.5 Å². The van der Waals surface area contributed by atoms with Gasteiger partial charge < -0.3 is 4.74 Å². The molecule has 1 aromatic carbocycles. The number of aromatic amines is 1. The zero-order valence-electron chi connectivity index (χ0n) is 12.4. The van der Waals surface area contributed by atoms with Crippen LogP contribution >= 0.6 is 35.0 Å². The van der Waals surface area contributed by atoms with Crippen LogP contribution in [0.2, 0.25) is 10.0 Å². The summed E-state index contributed by atoms with van der Waals surface area (Å²) in [6.07, 6.45) is 4.44. The van der Waals surface area contributed by atoms with Crippen molar-refractivity contribution < 1.29 is 14.1 Å². The summed E-state index contributed by atoms with van der Waals surface area (Å²) in [4.78, 5) is 15.0. The van der Waals surface area contributed by atoms with Crippen molar-refractivity contribution in [3.63, 3.8) is 0 Å². The lowest BCUT2D eigenvalue weighted by molar-refractivity contribution is -0.727. The first-order chi connectivity index (χ1) is 10.5. The van der Waals surface area contributed by atoms with Gasteiger partial charge in [0.25, 0.3) is 0 Å². The smallest absolute Gasteiger partial charge is 0.348 e. The van der Waals surface area contributed by atoms with Gasteiger partial charge in [0.2, 0.25) is 0 Å². The van der Waals surface area contributed by atoms with Crippen LogP contribution in [0.15, 0.2) is 29.6 Å². The number of hydrogen-bond donors (Lipinski definition) is 1. The third-order valence-electron chi connectivity index (χ3n) is 3.13. The Bertz CT molecular complexity index is 674. The Morgan fingerprint density at radius 2 is 2.18 bits per heavy atom. The van der Waals surface area contributed by atoms with Gasteiger partial charge >= 0.3 is 11.1 Å². The Balaban J connectivity index is 2.27. The first kappa shape index (κ1) is 17.2. The number of H-pyrrole nitrogens is 1. The highest BCUT2D eigenvalue weighted by Gasteiger charge is 2.21. The van der Waals surface area contributed by atoms with Crippen molar-refractivity contribution in [2.45, 2.75) is 25.0 Å². The molecule has 0 unspecified atom stereocenters. The molecule has 2 aromatic rings. The summed E-state index contributed by atoms with van der Waals surface area (Å²) in [6, 6.07) is 5.42. The lowest BCUT2D eigenvalue weighted by Crippen LogP contribution is -2.42. The normalized spacial score (nSPS) is 10.7. The molecule has 2 rings (SSSR count). The second-order valence-corrected chi connectivity index (χ2v) is 6.23. The topological polar surface area (TPSA) is 46.0 Å². The fourth-order valence-electron chi connectivity index (χ4n) is 2.12. The lowest BCUT2D eigenvalue weighted by atomic mass is 10.1. The molecule has 22 heavy (non-hydrogen) atoms. The minimum absolute atomic E-state index is 0.175. The summed E-state index contributed by atoms with van der Waals surface area (Å²) in [7, 11) is 0. The molecular formula is C15H17Cl2N2O2S+. The molecule has 0 aliphatic rings. The number of nitrogens with one attached hydrogen (secondary N) is 1. The number of thioether (sulfide) groups is 1. The minimum Gasteiger partial charge on any atom is -0.463 e. The summed E-state index contributed by atoms with van der Waals surface area (Å²) in [5, 5.41) is 2.11. The van der Waals surface area contributed by atoms with Crippen LogP contribution in [0.5, 0.6) is 0 Å². The van der Waals surface area contributed by atoms with Gasteiger partial charge in [0.05, 0.1) is 6.61 Å². The number of benzene rings is 1. The van der Waals surface area contributed by atoms with E-state index in [1.165, 1.54) is 11.8 Å². The van der Waals surface area contributed by atoms with Crippen LogP contribution in [0.1, 0.15) is 18.2 Å².